The maximum absolute atomic E-state index is 10.8. The van der Waals surface area contributed by atoms with Crippen LogP contribution in [-0.4, -0.2) is 14.9 Å². The minimum absolute atomic E-state index is 0.0304. The number of fused-ring (bicyclic) bond motifs is 1. The summed E-state index contributed by atoms with van der Waals surface area (Å²) in [5.74, 6) is 0. The van der Waals surface area contributed by atoms with Crippen molar-refractivity contribution in [1.29, 1.82) is 0 Å². The number of H-pyrrole nitrogens is 1. The maximum atomic E-state index is 10.8. The van der Waals surface area contributed by atoms with E-state index in [1.165, 1.54) is 12.1 Å². The maximum Gasteiger partial charge on any atom is 0.270 e. The Bertz CT molecular complexity index is 784. The summed E-state index contributed by atoms with van der Waals surface area (Å²) in [6.07, 6.45) is 2.28. The second-order valence-corrected chi connectivity index (χ2v) is 4.78. The van der Waals surface area contributed by atoms with Crippen molar-refractivity contribution in [3.8, 4) is 0 Å². The molecule has 0 fully saturated rings. The van der Waals surface area contributed by atoms with Gasteiger partial charge in [-0.3, -0.25) is 15.1 Å². The third kappa shape index (κ3) is 2.23. The molecule has 0 aliphatic heterocycles. The highest BCUT2D eigenvalue weighted by Crippen LogP contribution is 2.31. The highest BCUT2D eigenvalue weighted by atomic mass is 35.5. The van der Waals surface area contributed by atoms with Crippen LogP contribution >= 0.6 is 11.6 Å². The Morgan fingerprint density at radius 2 is 2.15 bits per heavy atom. The summed E-state index contributed by atoms with van der Waals surface area (Å²) < 4.78 is 0. The SMILES string of the molecule is O=[N+]([O-])c1ccc2[nH]c(Cc3ccccn3)c(Cl)c2c1. The van der Waals surface area contributed by atoms with E-state index in [0.29, 0.717) is 16.8 Å². The van der Waals surface area contributed by atoms with Gasteiger partial charge in [-0.05, 0) is 18.2 Å². The van der Waals surface area contributed by atoms with Gasteiger partial charge >= 0.3 is 0 Å². The first kappa shape index (κ1) is 12.6. The van der Waals surface area contributed by atoms with Gasteiger partial charge < -0.3 is 4.98 Å². The van der Waals surface area contributed by atoms with Crippen LogP contribution in [0.5, 0.6) is 0 Å². The summed E-state index contributed by atoms with van der Waals surface area (Å²) >= 11 is 6.30. The molecule has 0 amide bonds. The molecule has 0 saturated heterocycles. The van der Waals surface area contributed by atoms with Crippen molar-refractivity contribution >= 4 is 28.2 Å². The molecule has 1 N–H and O–H groups in total. The lowest BCUT2D eigenvalue weighted by atomic mass is 10.2. The minimum Gasteiger partial charge on any atom is -0.357 e. The first-order valence-electron chi connectivity index (χ1n) is 5.99. The number of hydrogen-bond donors (Lipinski definition) is 1. The van der Waals surface area contributed by atoms with Crippen molar-refractivity contribution < 1.29 is 4.92 Å². The molecule has 2 heterocycles. The third-order valence-electron chi connectivity index (χ3n) is 3.08. The number of rotatable bonds is 3. The Kier molecular flexibility index (Phi) is 3.12. The summed E-state index contributed by atoms with van der Waals surface area (Å²) in [5, 5.41) is 12.0. The number of nitro groups is 1. The first-order chi connectivity index (χ1) is 9.65. The number of hydrogen-bond acceptors (Lipinski definition) is 3. The van der Waals surface area contributed by atoms with Crippen LogP contribution in [0.1, 0.15) is 11.4 Å². The molecule has 0 unspecified atom stereocenters. The summed E-state index contributed by atoms with van der Waals surface area (Å²) in [6, 6.07) is 10.3. The van der Waals surface area contributed by atoms with E-state index >= 15 is 0 Å². The van der Waals surface area contributed by atoms with Crippen LogP contribution in [0, 0.1) is 10.1 Å². The predicted molar refractivity (Wildman–Crippen MR) is 77.0 cm³/mol. The fraction of sp³-hybridized carbons (Fsp3) is 0.0714. The van der Waals surface area contributed by atoms with Gasteiger partial charge in [-0.15, -0.1) is 0 Å². The highest BCUT2D eigenvalue weighted by molar-refractivity contribution is 6.36. The van der Waals surface area contributed by atoms with Crippen LogP contribution in [-0.2, 0) is 6.42 Å². The smallest absolute Gasteiger partial charge is 0.270 e. The Labute approximate surface area is 119 Å². The molecule has 20 heavy (non-hydrogen) atoms. The number of non-ortho nitro benzene ring substituents is 1. The number of benzene rings is 1. The molecule has 0 radical (unpaired) electrons. The van der Waals surface area contributed by atoms with Crippen molar-refractivity contribution in [3.05, 3.63) is 69.1 Å². The Hall–Kier alpha value is -2.40. The number of nitro benzene ring substituents is 1. The normalized spacial score (nSPS) is 10.8. The lowest BCUT2D eigenvalue weighted by Gasteiger charge is -1.98. The van der Waals surface area contributed by atoms with E-state index < -0.39 is 4.92 Å². The molecule has 3 aromatic rings. The zero-order valence-corrected chi connectivity index (χ0v) is 11.1. The Morgan fingerprint density at radius 1 is 1.30 bits per heavy atom. The number of nitrogens with one attached hydrogen (secondary N) is 1. The van der Waals surface area contributed by atoms with E-state index in [0.717, 1.165) is 16.9 Å². The van der Waals surface area contributed by atoms with Gasteiger partial charge in [-0.1, -0.05) is 17.7 Å². The topological polar surface area (TPSA) is 71.8 Å². The number of nitrogens with zero attached hydrogens (tertiary/aromatic N) is 2. The Balaban J connectivity index is 2.05. The van der Waals surface area contributed by atoms with Gasteiger partial charge in [0, 0.05) is 47.0 Å². The number of aromatic nitrogens is 2. The van der Waals surface area contributed by atoms with Gasteiger partial charge in [0.15, 0.2) is 0 Å². The molecule has 0 bridgehead atoms. The van der Waals surface area contributed by atoms with Crippen molar-refractivity contribution in [2.24, 2.45) is 0 Å². The summed E-state index contributed by atoms with van der Waals surface area (Å²) in [7, 11) is 0. The molecule has 0 spiro atoms. The molecular weight excluding hydrogens is 278 g/mol. The van der Waals surface area contributed by atoms with E-state index in [1.807, 2.05) is 18.2 Å². The molecule has 2 aromatic heterocycles. The minimum atomic E-state index is -0.429. The second-order valence-electron chi connectivity index (χ2n) is 4.40. The second kappa shape index (κ2) is 4.94. The van der Waals surface area contributed by atoms with Crippen LogP contribution in [0.25, 0.3) is 10.9 Å². The molecule has 0 aliphatic carbocycles. The van der Waals surface area contributed by atoms with E-state index in [-0.39, 0.29) is 5.69 Å². The van der Waals surface area contributed by atoms with Gasteiger partial charge in [0.05, 0.1) is 9.95 Å². The zero-order valence-electron chi connectivity index (χ0n) is 10.3. The molecular formula is C14H10ClN3O2. The molecule has 0 atom stereocenters. The fourth-order valence-corrected chi connectivity index (χ4v) is 2.39. The van der Waals surface area contributed by atoms with Crippen LogP contribution < -0.4 is 0 Å². The summed E-state index contributed by atoms with van der Waals surface area (Å²) in [6.45, 7) is 0. The zero-order chi connectivity index (χ0) is 14.1. The van der Waals surface area contributed by atoms with Gasteiger partial charge in [-0.25, -0.2) is 0 Å². The third-order valence-corrected chi connectivity index (χ3v) is 3.52. The average molecular weight is 288 g/mol. The molecule has 6 heteroatoms. The largest absolute Gasteiger partial charge is 0.357 e. The van der Waals surface area contributed by atoms with E-state index in [9.17, 15) is 10.1 Å². The molecule has 1 aromatic carbocycles. The average Bonchev–Trinajstić information content (AvgIpc) is 2.76. The molecule has 3 rings (SSSR count). The van der Waals surface area contributed by atoms with Crippen molar-refractivity contribution in [3.63, 3.8) is 0 Å². The van der Waals surface area contributed by atoms with Gasteiger partial charge in [0.25, 0.3) is 5.69 Å². The van der Waals surface area contributed by atoms with Crippen LogP contribution in [0.4, 0.5) is 5.69 Å². The predicted octanol–water partition coefficient (Wildman–Crippen LogP) is 3.72. The van der Waals surface area contributed by atoms with Crippen LogP contribution in [0.3, 0.4) is 0 Å². The Morgan fingerprint density at radius 3 is 2.85 bits per heavy atom. The summed E-state index contributed by atoms with van der Waals surface area (Å²) in [5.41, 5.74) is 2.51. The lowest BCUT2D eigenvalue weighted by molar-refractivity contribution is -0.384. The highest BCUT2D eigenvalue weighted by Gasteiger charge is 2.14. The molecule has 5 nitrogen and oxygen atoms in total. The van der Waals surface area contributed by atoms with E-state index in [1.54, 1.807) is 12.3 Å². The van der Waals surface area contributed by atoms with Crippen molar-refractivity contribution in [1.82, 2.24) is 9.97 Å². The summed E-state index contributed by atoms with van der Waals surface area (Å²) in [4.78, 5) is 17.8. The number of halogens is 1. The van der Waals surface area contributed by atoms with Crippen molar-refractivity contribution in [2.45, 2.75) is 6.42 Å². The fourth-order valence-electron chi connectivity index (χ4n) is 2.12. The van der Waals surface area contributed by atoms with E-state index in [4.69, 9.17) is 11.6 Å². The molecule has 0 saturated carbocycles. The van der Waals surface area contributed by atoms with Crippen molar-refractivity contribution in [2.75, 3.05) is 0 Å². The standard InChI is InChI=1S/C14H10ClN3O2/c15-14-11-8-10(18(19)20)4-5-12(11)17-13(14)7-9-3-1-2-6-16-9/h1-6,8,17H,7H2. The lowest BCUT2D eigenvalue weighted by Crippen LogP contribution is -1.91. The first-order valence-corrected chi connectivity index (χ1v) is 6.37. The monoisotopic (exact) mass is 287 g/mol. The van der Waals surface area contributed by atoms with Crippen LogP contribution in [0.15, 0.2) is 42.6 Å². The quantitative estimate of drug-likeness (QED) is 0.589. The number of pyridine rings is 1. The van der Waals surface area contributed by atoms with Crippen LogP contribution in [0.2, 0.25) is 5.02 Å². The molecule has 100 valence electrons. The molecule has 0 aliphatic rings. The number of aromatic amines is 1. The van der Waals surface area contributed by atoms with E-state index in [2.05, 4.69) is 9.97 Å². The van der Waals surface area contributed by atoms with Gasteiger partial charge in [-0.2, -0.15) is 0 Å². The van der Waals surface area contributed by atoms with Gasteiger partial charge in [0.2, 0.25) is 0 Å². The van der Waals surface area contributed by atoms with Gasteiger partial charge in [0.1, 0.15) is 0 Å².